The van der Waals surface area contributed by atoms with Crippen LogP contribution in [0.1, 0.15) is 30.0 Å². The van der Waals surface area contributed by atoms with Crippen molar-refractivity contribution in [2.24, 2.45) is 0 Å². The molecular formula is C22H31ClN2O2. The number of ether oxygens (including phenoxy) is 2. The first-order chi connectivity index (χ1) is 13.0. The molecule has 0 saturated carbocycles. The number of aryl methyl sites for hydroxylation is 1. The maximum atomic E-state index is 6.49. The minimum atomic E-state index is 0.491. The molecule has 0 heterocycles. The highest BCUT2D eigenvalue weighted by Gasteiger charge is 2.12. The topological polar surface area (TPSA) is 33.7 Å². The van der Waals surface area contributed by atoms with Crippen molar-refractivity contribution in [3.63, 3.8) is 0 Å². The second-order valence-corrected chi connectivity index (χ2v) is 7.28. The third-order valence-corrected chi connectivity index (χ3v) is 4.68. The lowest BCUT2D eigenvalue weighted by Gasteiger charge is -2.16. The monoisotopic (exact) mass is 390 g/mol. The molecule has 0 saturated heterocycles. The van der Waals surface area contributed by atoms with Crippen LogP contribution in [0.5, 0.6) is 11.5 Å². The summed E-state index contributed by atoms with van der Waals surface area (Å²) in [6, 6.07) is 12.1. The maximum absolute atomic E-state index is 6.49. The molecule has 148 valence electrons. The van der Waals surface area contributed by atoms with Crippen LogP contribution in [0.2, 0.25) is 5.02 Å². The molecule has 0 spiro atoms. The summed E-state index contributed by atoms with van der Waals surface area (Å²) in [7, 11) is 4.17. The molecule has 2 rings (SSSR count). The van der Waals surface area contributed by atoms with Gasteiger partial charge < -0.3 is 19.7 Å². The van der Waals surface area contributed by atoms with Crippen LogP contribution in [0.3, 0.4) is 0 Å². The zero-order valence-electron chi connectivity index (χ0n) is 16.8. The van der Waals surface area contributed by atoms with Crippen molar-refractivity contribution in [1.82, 2.24) is 10.2 Å². The molecule has 2 aromatic rings. The Bertz CT molecular complexity index is 719. The molecule has 0 aliphatic heterocycles. The molecule has 0 aromatic heterocycles. The summed E-state index contributed by atoms with van der Waals surface area (Å²) in [6.07, 6.45) is 1.10. The number of hydrogen-bond acceptors (Lipinski definition) is 4. The summed E-state index contributed by atoms with van der Waals surface area (Å²) >= 11 is 6.49. The Kier molecular flexibility index (Phi) is 8.92. The van der Waals surface area contributed by atoms with Crippen LogP contribution in [0, 0.1) is 6.92 Å². The number of hydrogen-bond donors (Lipinski definition) is 1. The predicted octanol–water partition coefficient (Wildman–Crippen LogP) is 4.67. The van der Waals surface area contributed by atoms with E-state index >= 15 is 0 Å². The highest BCUT2D eigenvalue weighted by Crippen LogP contribution is 2.34. The average Bonchev–Trinajstić information content (AvgIpc) is 2.63. The number of halogens is 1. The number of rotatable bonds is 11. The highest BCUT2D eigenvalue weighted by atomic mass is 35.5. The van der Waals surface area contributed by atoms with E-state index in [-0.39, 0.29) is 0 Å². The first-order valence-corrected chi connectivity index (χ1v) is 9.87. The van der Waals surface area contributed by atoms with Gasteiger partial charge in [-0.25, -0.2) is 0 Å². The Labute approximate surface area is 168 Å². The van der Waals surface area contributed by atoms with Crippen molar-refractivity contribution in [3.8, 4) is 11.5 Å². The van der Waals surface area contributed by atoms with Crippen LogP contribution in [0.15, 0.2) is 36.4 Å². The smallest absolute Gasteiger partial charge is 0.163 e. The van der Waals surface area contributed by atoms with Crippen molar-refractivity contribution < 1.29 is 9.47 Å². The van der Waals surface area contributed by atoms with E-state index in [1.807, 2.05) is 31.2 Å². The third-order valence-electron chi connectivity index (χ3n) is 4.33. The fraction of sp³-hybridized carbons (Fsp3) is 0.455. The fourth-order valence-electron chi connectivity index (χ4n) is 2.76. The van der Waals surface area contributed by atoms with E-state index < -0.39 is 0 Å². The van der Waals surface area contributed by atoms with Gasteiger partial charge in [-0.2, -0.15) is 0 Å². The molecule has 0 aliphatic carbocycles. The fourth-order valence-corrected chi connectivity index (χ4v) is 2.99. The Balaban J connectivity index is 2.02. The molecule has 27 heavy (non-hydrogen) atoms. The molecular weight excluding hydrogens is 360 g/mol. The molecule has 1 N–H and O–H groups in total. The molecule has 0 radical (unpaired) electrons. The molecule has 0 bridgehead atoms. The van der Waals surface area contributed by atoms with Gasteiger partial charge in [0.15, 0.2) is 11.5 Å². The van der Waals surface area contributed by atoms with Crippen molar-refractivity contribution in [3.05, 3.63) is 58.1 Å². The second-order valence-electron chi connectivity index (χ2n) is 6.87. The van der Waals surface area contributed by atoms with Gasteiger partial charge in [0.2, 0.25) is 0 Å². The lowest BCUT2D eigenvalue weighted by Crippen LogP contribution is -2.21. The quantitative estimate of drug-likeness (QED) is 0.565. The highest BCUT2D eigenvalue weighted by molar-refractivity contribution is 6.31. The van der Waals surface area contributed by atoms with E-state index in [0.717, 1.165) is 36.4 Å². The predicted molar refractivity (Wildman–Crippen MR) is 113 cm³/mol. The lowest BCUT2D eigenvalue weighted by molar-refractivity contribution is 0.268. The van der Waals surface area contributed by atoms with Gasteiger partial charge in [-0.3, -0.25) is 0 Å². The summed E-state index contributed by atoms with van der Waals surface area (Å²) in [5.74, 6) is 1.42. The normalized spacial score (nSPS) is 11.0. The number of benzene rings is 2. The van der Waals surface area contributed by atoms with Gasteiger partial charge >= 0.3 is 0 Å². The lowest BCUT2D eigenvalue weighted by atomic mass is 10.1. The van der Waals surface area contributed by atoms with Gasteiger partial charge in [-0.1, -0.05) is 35.9 Å². The first-order valence-electron chi connectivity index (χ1n) is 9.49. The first kappa shape index (κ1) is 21.5. The summed E-state index contributed by atoms with van der Waals surface area (Å²) < 4.78 is 11.8. The SMILES string of the molecule is CCOc1cc(CNCCCN(C)C)c(Cl)cc1OCc1ccccc1C. The molecule has 4 nitrogen and oxygen atoms in total. The maximum Gasteiger partial charge on any atom is 0.163 e. The zero-order chi connectivity index (χ0) is 19.6. The van der Waals surface area contributed by atoms with Crippen molar-refractivity contribution in [2.75, 3.05) is 33.8 Å². The summed E-state index contributed by atoms with van der Waals surface area (Å²) in [5.41, 5.74) is 3.39. The van der Waals surface area contributed by atoms with Gasteiger partial charge in [0.1, 0.15) is 6.61 Å². The largest absolute Gasteiger partial charge is 0.490 e. The third kappa shape index (κ3) is 7.06. The van der Waals surface area contributed by atoms with Crippen LogP contribution in [-0.4, -0.2) is 38.7 Å². The average molecular weight is 391 g/mol. The zero-order valence-corrected chi connectivity index (χ0v) is 17.6. The Morgan fingerprint density at radius 1 is 1.04 bits per heavy atom. The van der Waals surface area contributed by atoms with Crippen LogP contribution in [0.25, 0.3) is 0 Å². The van der Waals surface area contributed by atoms with Crippen molar-refractivity contribution in [2.45, 2.75) is 33.4 Å². The molecule has 5 heteroatoms. The van der Waals surface area contributed by atoms with Crippen molar-refractivity contribution >= 4 is 11.6 Å². The summed E-state index contributed by atoms with van der Waals surface area (Å²) in [4.78, 5) is 2.18. The Morgan fingerprint density at radius 2 is 1.78 bits per heavy atom. The van der Waals surface area contributed by atoms with E-state index in [4.69, 9.17) is 21.1 Å². The molecule has 0 fully saturated rings. The molecule has 0 amide bonds. The Hall–Kier alpha value is -1.75. The molecule has 0 unspecified atom stereocenters. The van der Waals surface area contributed by atoms with E-state index in [1.54, 1.807) is 0 Å². The Morgan fingerprint density at radius 3 is 2.48 bits per heavy atom. The second kappa shape index (κ2) is 11.2. The standard InChI is InChI=1S/C22H31ClN2O2/c1-5-26-21-13-19(15-24-11-8-12-25(3)4)20(23)14-22(21)27-16-18-10-7-6-9-17(18)2/h6-7,9-10,13-14,24H,5,8,11-12,15-16H2,1-4H3. The van der Waals surface area contributed by atoms with Crippen LogP contribution >= 0.6 is 11.6 Å². The van der Waals surface area contributed by atoms with Gasteiger partial charge in [-0.05, 0) is 70.2 Å². The van der Waals surface area contributed by atoms with Gasteiger partial charge in [-0.15, -0.1) is 0 Å². The van der Waals surface area contributed by atoms with Crippen LogP contribution in [-0.2, 0) is 13.2 Å². The van der Waals surface area contributed by atoms with E-state index in [9.17, 15) is 0 Å². The summed E-state index contributed by atoms with van der Waals surface area (Å²) in [5, 5.41) is 4.14. The molecule has 2 aromatic carbocycles. The van der Waals surface area contributed by atoms with Crippen LogP contribution < -0.4 is 14.8 Å². The molecule has 0 aliphatic rings. The van der Waals surface area contributed by atoms with Gasteiger partial charge in [0.25, 0.3) is 0 Å². The number of nitrogens with one attached hydrogen (secondary N) is 1. The minimum absolute atomic E-state index is 0.491. The van der Waals surface area contributed by atoms with Gasteiger partial charge in [0.05, 0.1) is 6.61 Å². The van der Waals surface area contributed by atoms with Gasteiger partial charge in [0, 0.05) is 17.6 Å². The molecule has 0 atom stereocenters. The van der Waals surface area contributed by atoms with E-state index in [2.05, 4.69) is 43.4 Å². The van der Waals surface area contributed by atoms with Crippen molar-refractivity contribution in [1.29, 1.82) is 0 Å². The van der Waals surface area contributed by atoms with E-state index in [0.29, 0.717) is 30.5 Å². The van der Waals surface area contributed by atoms with Crippen LogP contribution in [0.4, 0.5) is 0 Å². The van der Waals surface area contributed by atoms with E-state index in [1.165, 1.54) is 5.56 Å². The summed E-state index contributed by atoms with van der Waals surface area (Å²) in [6.45, 7) is 7.85. The minimum Gasteiger partial charge on any atom is -0.490 e. The number of nitrogens with zero attached hydrogens (tertiary/aromatic N) is 1.